The molecule has 90 valence electrons. The van der Waals surface area contributed by atoms with E-state index in [-0.39, 0.29) is 0 Å². The zero-order valence-corrected chi connectivity index (χ0v) is 10.6. The molecule has 0 amide bonds. The second-order valence-electron chi connectivity index (χ2n) is 5.07. The Hall–Kier alpha value is -0.120. The summed E-state index contributed by atoms with van der Waals surface area (Å²) in [6.07, 6.45) is 1.27. The van der Waals surface area contributed by atoms with Gasteiger partial charge in [-0.25, -0.2) is 0 Å². The number of hydrogen-bond donors (Lipinski definition) is 1. The number of nitrogens with zero attached hydrogens (tertiary/aromatic N) is 1. The molecule has 1 fully saturated rings. The Labute approximate surface area is 94.2 Å². The SMILES string of the molecule is COCCN1CC(CC(C)C)NCC1C. The number of nitrogens with one attached hydrogen (secondary N) is 1. The molecular formula is C12H26N2O. The highest BCUT2D eigenvalue weighted by Gasteiger charge is 2.24. The third kappa shape index (κ3) is 4.49. The molecular weight excluding hydrogens is 188 g/mol. The van der Waals surface area contributed by atoms with E-state index in [2.05, 4.69) is 31.0 Å². The number of ether oxygens (including phenoxy) is 1. The van der Waals surface area contributed by atoms with Crippen LogP contribution in [0.2, 0.25) is 0 Å². The average molecular weight is 214 g/mol. The third-order valence-electron chi connectivity index (χ3n) is 3.12. The summed E-state index contributed by atoms with van der Waals surface area (Å²) in [5.41, 5.74) is 0. The Bertz CT molecular complexity index is 173. The van der Waals surface area contributed by atoms with Crippen LogP contribution in [0.3, 0.4) is 0 Å². The number of hydrogen-bond acceptors (Lipinski definition) is 3. The minimum atomic E-state index is 0.642. The smallest absolute Gasteiger partial charge is 0.0589 e. The first-order valence-electron chi connectivity index (χ1n) is 6.09. The predicted molar refractivity (Wildman–Crippen MR) is 64.2 cm³/mol. The maximum Gasteiger partial charge on any atom is 0.0589 e. The highest BCUT2D eigenvalue weighted by atomic mass is 16.5. The fraction of sp³-hybridized carbons (Fsp3) is 1.00. The second kappa shape index (κ2) is 6.46. The molecule has 1 aliphatic heterocycles. The quantitative estimate of drug-likeness (QED) is 0.747. The average Bonchev–Trinajstić information content (AvgIpc) is 2.18. The van der Waals surface area contributed by atoms with Crippen molar-refractivity contribution < 1.29 is 4.74 Å². The lowest BCUT2D eigenvalue weighted by molar-refractivity contribution is 0.0891. The van der Waals surface area contributed by atoms with Crippen molar-refractivity contribution >= 4 is 0 Å². The van der Waals surface area contributed by atoms with Crippen LogP contribution in [0, 0.1) is 5.92 Å². The van der Waals surface area contributed by atoms with Crippen molar-refractivity contribution in [1.82, 2.24) is 10.2 Å². The van der Waals surface area contributed by atoms with Gasteiger partial charge in [0.1, 0.15) is 0 Å². The van der Waals surface area contributed by atoms with Crippen LogP contribution in [-0.2, 0) is 4.74 Å². The van der Waals surface area contributed by atoms with E-state index in [0.29, 0.717) is 12.1 Å². The summed E-state index contributed by atoms with van der Waals surface area (Å²) < 4.78 is 5.15. The highest BCUT2D eigenvalue weighted by molar-refractivity contribution is 4.84. The van der Waals surface area contributed by atoms with Gasteiger partial charge in [-0.2, -0.15) is 0 Å². The third-order valence-corrected chi connectivity index (χ3v) is 3.12. The number of methoxy groups -OCH3 is 1. The Morgan fingerprint density at radius 3 is 2.80 bits per heavy atom. The van der Waals surface area contributed by atoms with Crippen molar-refractivity contribution in [3.05, 3.63) is 0 Å². The van der Waals surface area contributed by atoms with E-state index in [4.69, 9.17) is 4.74 Å². The minimum absolute atomic E-state index is 0.642. The Kier molecular flexibility index (Phi) is 5.58. The van der Waals surface area contributed by atoms with Gasteiger partial charge in [-0.1, -0.05) is 13.8 Å². The molecule has 1 heterocycles. The van der Waals surface area contributed by atoms with Crippen LogP contribution in [0.1, 0.15) is 27.2 Å². The Morgan fingerprint density at radius 1 is 1.47 bits per heavy atom. The molecule has 3 heteroatoms. The second-order valence-corrected chi connectivity index (χ2v) is 5.07. The summed E-state index contributed by atoms with van der Waals surface area (Å²) in [5, 5.41) is 3.62. The van der Waals surface area contributed by atoms with Crippen LogP contribution in [0.15, 0.2) is 0 Å². The molecule has 0 aliphatic carbocycles. The van der Waals surface area contributed by atoms with Crippen molar-refractivity contribution in [1.29, 1.82) is 0 Å². The van der Waals surface area contributed by atoms with Crippen molar-refractivity contribution in [2.24, 2.45) is 5.92 Å². The van der Waals surface area contributed by atoms with Crippen LogP contribution < -0.4 is 5.32 Å². The van der Waals surface area contributed by atoms with Crippen LogP contribution in [0.5, 0.6) is 0 Å². The van der Waals surface area contributed by atoms with Crippen molar-refractivity contribution in [2.75, 3.05) is 33.4 Å². The highest BCUT2D eigenvalue weighted by Crippen LogP contribution is 2.12. The van der Waals surface area contributed by atoms with Crippen LogP contribution >= 0.6 is 0 Å². The molecule has 0 saturated carbocycles. The van der Waals surface area contributed by atoms with E-state index >= 15 is 0 Å². The lowest BCUT2D eigenvalue weighted by Crippen LogP contribution is -2.56. The summed E-state index contributed by atoms with van der Waals surface area (Å²) >= 11 is 0. The fourth-order valence-corrected chi connectivity index (χ4v) is 2.24. The molecule has 0 bridgehead atoms. The Morgan fingerprint density at radius 2 is 2.20 bits per heavy atom. The molecule has 1 aliphatic rings. The van der Waals surface area contributed by atoms with E-state index in [1.807, 2.05) is 0 Å². The summed E-state index contributed by atoms with van der Waals surface area (Å²) in [4.78, 5) is 2.53. The van der Waals surface area contributed by atoms with Crippen LogP contribution in [0.4, 0.5) is 0 Å². The van der Waals surface area contributed by atoms with Gasteiger partial charge in [0.05, 0.1) is 6.61 Å². The zero-order valence-electron chi connectivity index (χ0n) is 10.6. The maximum atomic E-state index is 5.15. The summed E-state index contributed by atoms with van der Waals surface area (Å²) in [6.45, 7) is 11.1. The molecule has 15 heavy (non-hydrogen) atoms. The van der Waals surface area contributed by atoms with E-state index in [9.17, 15) is 0 Å². The molecule has 0 radical (unpaired) electrons. The van der Waals surface area contributed by atoms with Gasteiger partial charge in [0, 0.05) is 38.8 Å². The molecule has 2 atom stereocenters. The van der Waals surface area contributed by atoms with Gasteiger partial charge in [-0.05, 0) is 19.3 Å². The lowest BCUT2D eigenvalue weighted by atomic mass is 10.0. The molecule has 2 unspecified atom stereocenters. The topological polar surface area (TPSA) is 24.5 Å². The summed E-state index contributed by atoms with van der Waals surface area (Å²) in [5.74, 6) is 0.778. The van der Waals surface area contributed by atoms with Gasteiger partial charge in [-0.3, -0.25) is 4.90 Å². The normalized spacial score (nSPS) is 28.6. The van der Waals surface area contributed by atoms with Crippen LogP contribution in [0.25, 0.3) is 0 Å². The van der Waals surface area contributed by atoms with E-state index in [1.165, 1.54) is 13.0 Å². The molecule has 0 aromatic carbocycles. The molecule has 0 spiro atoms. The number of piperazine rings is 1. The Balaban J connectivity index is 2.34. The van der Waals surface area contributed by atoms with Gasteiger partial charge < -0.3 is 10.1 Å². The first kappa shape index (κ1) is 12.9. The monoisotopic (exact) mass is 214 g/mol. The van der Waals surface area contributed by atoms with E-state index in [1.54, 1.807) is 7.11 Å². The molecule has 1 saturated heterocycles. The molecule has 1 rings (SSSR count). The molecule has 0 aromatic rings. The van der Waals surface area contributed by atoms with Gasteiger partial charge >= 0.3 is 0 Å². The van der Waals surface area contributed by atoms with Crippen molar-refractivity contribution in [3.8, 4) is 0 Å². The standard InChI is InChI=1S/C12H26N2O/c1-10(2)7-12-9-14(5-6-15-4)11(3)8-13-12/h10-13H,5-9H2,1-4H3. The summed E-state index contributed by atoms with van der Waals surface area (Å²) in [7, 11) is 1.78. The first-order chi connectivity index (χ1) is 7.13. The van der Waals surface area contributed by atoms with Gasteiger partial charge in [-0.15, -0.1) is 0 Å². The predicted octanol–water partition coefficient (Wildman–Crippen LogP) is 1.34. The molecule has 3 nitrogen and oxygen atoms in total. The van der Waals surface area contributed by atoms with E-state index in [0.717, 1.165) is 25.6 Å². The minimum Gasteiger partial charge on any atom is -0.383 e. The van der Waals surface area contributed by atoms with Crippen LogP contribution in [-0.4, -0.2) is 50.3 Å². The van der Waals surface area contributed by atoms with Gasteiger partial charge in [0.25, 0.3) is 0 Å². The van der Waals surface area contributed by atoms with Gasteiger partial charge in [0.2, 0.25) is 0 Å². The first-order valence-corrected chi connectivity index (χ1v) is 6.09. The number of rotatable bonds is 5. The fourth-order valence-electron chi connectivity index (χ4n) is 2.24. The largest absolute Gasteiger partial charge is 0.383 e. The molecule has 0 aromatic heterocycles. The lowest BCUT2D eigenvalue weighted by Gasteiger charge is -2.39. The van der Waals surface area contributed by atoms with E-state index < -0.39 is 0 Å². The van der Waals surface area contributed by atoms with Gasteiger partial charge in [0.15, 0.2) is 0 Å². The maximum absolute atomic E-state index is 5.15. The molecule has 1 N–H and O–H groups in total. The van der Waals surface area contributed by atoms with Crippen molar-refractivity contribution in [2.45, 2.75) is 39.3 Å². The summed E-state index contributed by atoms with van der Waals surface area (Å²) in [6, 6.07) is 1.31. The zero-order chi connectivity index (χ0) is 11.3. The van der Waals surface area contributed by atoms with Crippen molar-refractivity contribution in [3.63, 3.8) is 0 Å².